The van der Waals surface area contributed by atoms with Crippen molar-refractivity contribution in [2.45, 2.75) is 24.7 Å². The van der Waals surface area contributed by atoms with Gasteiger partial charge in [0.15, 0.2) is 0 Å². The van der Waals surface area contributed by atoms with Crippen LogP contribution in [0.15, 0.2) is 6.20 Å². The van der Waals surface area contributed by atoms with Crippen LogP contribution in [-0.2, 0) is 11.9 Å². The Morgan fingerprint density at radius 2 is 2.17 bits per heavy atom. The zero-order chi connectivity index (χ0) is 8.81. The molecule has 1 rings (SSSR count). The molecule has 0 aliphatic heterocycles. The van der Waals surface area contributed by atoms with Gasteiger partial charge in [0.05, 0.1) is 5.69 Å². The first-order chi connectivity index (χ1) is 5.86. The third kappa shape index (κ3) is 3.23. The van der Waals surface area contributed by atoms with Crippen molar-refractivity contribution in [2.24, 2.45) is 0 Å². The molecule has 0 unspecified atom stereocenters. The summed E-state index contributed by atoms with van der Waals surface area (Å²) in [7, 11) is 0. The van der Waals surface area contributed by atoms with E-state index in [1.165, 1.54) is 6.42 Å². The molecule has 0 bridgehead atoms. The van der Waals surface area contributed by atoms with E-state index < -0.39 is 0 Å². The summed E-state index contributed by atoms with van der Waals surface area (Å²) < 4.78 is 1.89. The van der Waals surface area contributed by atoms with Crippen molar-refractivity contribution in [3.63, 3.8) is 0 Å². The number of aryl methyl sites for hydroxylation is 1. The van der Waals surface area contributed by atoms with Gasteiger partial charge in [0, 0.05) is 23.4 Å². The second-order valence-electron chi connectivity index (χ2n) is 2.50. The van der Waals surface area contributed by atoms with Crippen molar-refractivity contribution in [2.75, 3.05) is 5.33 Å². The highest BCUT2D eigenvalue weighted by Gasteiger charge is 1.97. The van der Waals surface area contributed by atoms with Crippen LogP contribution >= 0.6 is 31.9 Å². The minimum Gasteiger partial charge on any atom is -0.252 e. The lowest BCUT2D eigenvalue weighted by atomic mass is 10.3. The highest BCUT2D eigenvalue weighted by molar-refractivity contribution is 9.09. The molecule has 0 atom stereocenters. The van der Waals surface area contributed by atoms with E-state index in [1.807, 2.05) is 10.9 Å². The first kappa shape index (κ1) is 10.2. The summed E-state index contributed by atoms with van der Waals surface area (Å²) >= 11 is 6.72. The van der Waals surface area contributed by atoms with Gasteiger partial charge in [-0.3, -0.25) is 4.68 Å². The Morgan fingerprint density at radius 3 is 2.75 bits per heavy atom. The molecule has 0 aliphatic carbocycles. The lowest BCUT2D eigenvalue weighted by Crippen LogP contribution is -1.98. The molecule has 0 saturated carbocycles. The second kappa shape index (κ2) is 5.70. The fourth-order valence-electron chi connectivity index (χ4n) is 0.877. The van der Waals surface area contributed by atoms with Crippen molar-refractivity contribution in [3.05, 3.63) is 11.9 Å². The van der Waals surface area contributed by atoms with Gasteiger partial charge in [-0.15, -0.1) is 5.10 Å². The molecule has 1 heterocycles. The monoisotopic (exact) mass is 295 g/mol. The van der Waals surface area contributed by atoms with Crippen molar-refractivity contribution in [3.8, 4) is 0 Å². The minimum absolute atomic E-state index is 0.783. The van der Waals surface area contributed by atoms with Gasteiger partial charge in [0.1, 0.15) is 0 Å². The Morgan fingerprint density at radius 1 is 1.33 bits per heavy atom. The van der Waals surface area contributed by atoms with Gasteiger partial charge in [-0.2, -0.15) is 0 Å². The Bertz CT molecular complexity index is 224. The van der Waals surface area contributed by atoms with E-state index >= 15 is 0 Å². The van der Waals surface area contributed by atoms with Crippen LogP contribution in [0.1, 0.15) is 18.5 Å². The molecule has 5 heteroatoms. The lowest BCUT2D eigenvalue weighted by molar-refractivity contribution is 0.555. The molecule has 1 aromatic rings. The number of halogens is 2. The number of nitrogens with zero attached hydrogens (tertiary/aromatic N) is 3. The number of hydrogen-bond donors (Lipinski definition) is 0. The van der Waals surface area contributed by atoms with Crippen molar-refractivity contribution in [1.29, 1.82) is 0 Å². The summed E-state index contributed by atoms with van der Waals surface area (Å²) in [6, 6.07) is 0. The average molecular weight is 297 g/mol. The van der Waals surface area contributed by atoms with Crippen molar-refractivity contribution >= 4 is 31.9 Å². The van der Waals surface area contributed by atoms with E-state index in [2.05, 4.69) is 42.2 Å². The molecule has 0 spiro atoms. The molecule has 0 aromatic carbocycles. The maximum atomic E-state index is 3.98. The summed E-state index contributed by atoms with van der Waals surface area (Å²) in [4.78, 5) is 0. The molecule has 0 saturated heterocycles. The van der Waals surface area contributed by atoms with E-state index in [1.54, 1.807) is 0 Å². The van der Waals surface area contributed by atoms with Crippen molar-refractivity contribution in [1.82, 2.24) is 15.0 Å². The molecule has 1 aromatic heterocycles. The van der Waals surface area contributed by atoms with Gasteiger partial charge >= 0.3 is 0 Å². The Labute approximate surface area is 88.8 Å². The molecular weight excluding hydrogens is 286 g/mol. The molecule has 0 radical (unpaired) electrons. The maximum Gasteiger partial charge on any atom is 0.0932 e. The van der Waals surface area contributed by atoms with Crippen LogP contribution in [0, 0.1) is 0 Å². The van der Waals surface area contributed by atoms with Crippen LogP contribution in [0.25, 0.3) is 0 Å². The molecule has 0 N–H and O–H groups in total. The number of hydrogen-bond acceptors (Lipinski definition) is 2. The molecule has 3 nitrogen and oxygen atoms in total. The van der Waals surface area contributed by atoms with E-state index in [0.717, 1.165) is 29.3 Å². The third-order valence-corrected chi connectivity index (χ3v) is 2.63. The van der Waals surface area contributed by atoms with Crippen LogP contribution in [0.2, 0.25) is 0 Å². The third-order valence-electron chi connectivity index (χ3n) is 1.49. The average Bonchev–Trinajstić information content (AvgIpc) is 2.53. The van der Waals surface area contributed by atoms with E-state index in [0.29, 0.717) is 0 Å². The fraction of sp³-hybridized carbons (Fsp3) is 0.714. The summed E-state index contributed by atoms with van der Waals surface area (Å²) in [5.74, 6) is 0. The van der Waals surface area contributed by atoms with Crippen LogP contribution in [0.5, 0.6) is 0 Å². The predicted octanol–water partition coefficient (Wildman–Crippen LogP) is 2.35. The number of unbranched alkanes of at least 4 members (excludes halogenated alkanes) is 1. The summed E-state index contributed by atoms with van der Waals surface area (Å²) in [6.45, 7) is 0.964. The number of rotatable bonds is 5. The maximum absolute atomic E-state index is 3.98. The normalized spacial score (nSPS) is 10.5. The van der Waals surface area contributed by atoms with Crippen LogP contribution in [-0.4, -0.2) is 20.3 Å². The van der Waals surface area contributed by atoms with Gasteiger partial charge in [-0.1, -0.05) is 37.1 Å². The Kier molecular flexibility index (Phi) is 4.83. The first-order valence-corrected chi connectivity index (χ1v) is 6.12. The Hall–Kier alpha value is 0.1000. The first-order valence-electron chi connectivity index (χ1n) is 3.87. The zero-order valence-electron chi connectivity index (χ0n) is 6.71. The van der Waals surface area contributed by atoms with Crippen LogP contribution < -0.4 is 0 Å². The van der Waals surface area contributed by atoms with Gasteiger partial charge in [-0.25, -0.2) is 0 Å². The van der Waals surface area contributed by atoms with Crippen LogP contribution in [0.4, 0.5) is 0 Å². The SMILES string of the molecule is BrCCCCn1cc(CBr)nn1. The largest absolute Gasteiger partial charge is 0.252 e. The zero-order valence-corrected chi connectivity index (χ0v) is 9.88. The molecular formula is C7H11Br2N3. The second-order valence-corrected chi connectivity index (χ2v) is 3.86. The van der Waals surface area contributed by atoms with Gasteiger partial charge in [0.25, 0.3) is 0 Å². The highest BCUT2D eigenvalue weighted by atomic mass is 79.9. The molecule has 0 amide bonds. The van der Waals surface area contributed by atoms with E-state index in [-0.39, 0.29) is 0 Å². The molecule has 12 heavy (non-hydrogen) atoms. The van der Waals surface area contributed by atoms with Gasteiger partial charge in [-0.05, 0) is 12.8 Å². The quantitative estimate of drug-likeness (QED) is 0.617. The van der Waals surface area contributed by atoms with E-state index in [4.69, 9.17) is 0 Å². The Balaban J connectivity index is 2.31. The molecule has 0 fully saturated rings. The summed E-state index contributed by atoms with van der Waals surface area (Å²) in [5.41, 5.74) is 0.994. The summed E-state index contributed by atoms with van der Waals surface area (Å²) in [5, 5.41) is 9.79. The van der Waals surface area contributed by atoms with E-state index in [9.17, 15) is 0 Å². The predicted molar refractivity (Wildman–Crippen MR) is 55.7 cm³/mol. The van der Waals surface area contributed by atoms with Gasteiger partial charge < -0.3 is 0 Å². The topological polar surface area (TPSA) is 30.7 Å². The minimum atomic E-state index is 0.783. The molecule has 0 aliphatic rings. The standard InChI is InChI=1S/C7H11Br2N3/c8-3-1-2-4-12-6-7(5-9)10-11-12/h6H,1-5H2. The smallest absolute Gasteiger partial charge is 0.0932 e. The highest BCUT2D eigenvalue weighted by Crippen LogP contribution is 2.01. The van der Waals surface area contributed by atoms with Crippen LogP contribution in [0.3, 0.4) is 0 Å². The lowest BCUT2D eigenvalue weighted by Gasteiger charge is -1.96. The van der Waals surface area contributed by atoms with Gasteiger partial charge in [0.2, 0.25) is 0 Å². The molecule has 68 valence electrons. The number of aromatic nitrogens is 3. The number of alkyl halides is 2. The fourth-order valence-corrected chi connectivity index (χ4v) is 1.53. The summed E-state index contributed by atoms with van der Waals surface area (Å²) in [6.07, 6.45) is 4.31. The van der Waals surface area contributed by atoms with Crippen molar-refractivity contribution < 1.29 is 0 Å².